The van der Waals surface area contributed by atoms with Crippen molar-refractivity contribution in [3.8, 4) is 5.69 Å². The Balaban J connectivity index is 1.42. The number of aryl methyl sites for hydroxylation is 1. The topological polar surface area (TPSA) is 56.2 Å². The van der Waals surface area contributed by atoms with Crippen LogP contribution in [0.1, 0.15) is 17.5 Å². The standard InChI is InChI=1S/C19H19N3O2/c23-19(21-24-15-16-7-3-1-4-8-16)12-11-17-13-20-22(14-17)18-9-5-2-6-10-18/h1-10,13-14H,11-12,15H2,(H,21,23). The Morgan fingerprint density at radius 3 is 2.46 bits per heavy atom. The van der Waals surface area contributed by atoms with Crippen molar-refractivity contribution in [2.24, 2.45) is 0 Å². The zero-order valence-corrected chi connectivity index (χ0v) is 13.3. The van der Waals surface area contributed by atoms with Gasteiger partial charge >= 0.3 is 0 Å². The lowest BCUT2D eigenvalue weighted by Crippen LogP contribution is -2.23. The maximum atomic E-state index is 11.8. The summed E-state index contributed by atoms with van der Waals surface area (Å²) in [6, 6.07) is 19.6. The molecule has 0 unspecified atom stereocenters. The second-order valence-electron chi connectivity index (χ2n) is 5.43. The van der Waals surface area contributed by atoms with E-state index in [9.17, 15) is 4.79 Å². The van der Waals surface area contributed by atoms with Gasteiger partial charge in [-0.05, 0) is 29.7 Å². The summed E-state index contributed by atoms with van der Waals surface area (Å²) in [7, 11) is 0. The minimum Gasteiger partial charge on any atom is -0.273 e. The van der Waals surface area contributed by atoms with E-state index in [0.717, 1.165) is 16.8 Å². The first kappa shape index (κ1) is 16.0. The number of aromatic nitrogens is 2. The van der Waals surface area contributed by atoms with Gasteiger partial charge in [-0.15, -0.1) is 0 Å². The molecule has 0 atom stereocenters. The molecular weight excluding hydrogens is 302 g/mol. The normalized spacial score (nSPS) is 10.5. The highest BCUT2D eigenvalue weighted by molar-refractivity contribution is 5.75. The number of hydrogen-bond donors (Lipinski definition) is 1. The molecule has 0 aliphatic rings. The van der Waals surface area contributed by atoms with E-state index < -0.39 is 0 Å². The van der Waals surface area contributed by atoms with Gasteiger partial charge in [0.2, 0.25) is 5.91 Å². The van der Waals surface area contributed by atoms with Crippen molar-refractivity contribution in [1.29, 1.82) is 0 Å². The lowest BCUT2D eigenvalue weighted by Gasteiger charge is -2.05. The van der Waals surface area contributed by atoms with Gasteiger partial charge in [-0.25, -0.2) is 10.2 Å². The minimum absolute atomic E-state index is 0.140. The van der Waals surface area contributed by atoms with E-state index >= 15 is 0 Å². The fourth-order valence-corrected chi connectivity index (χ4v) is 2.29. The van der Waals surface area contributed by atoms with Crippen LogP contribution in [-0.4, -0.2) is 15.7 Å². The fourth-order valence-electron chi connectivity index (χ4n) is 2.29. The Bertz CT molecular complexity index is 770. The van der Waals surface area contributed by atoms with Crippen molar-refractivity contribution >= 4 is 5.91 Å². The Morgan fingerprint density at radius 2 is 1.71 bits per heavy atom. The van der Waals surface area contributed by atoms with Gasteiger partial charge in [0.15, 0.2) is 0 Å². The predicted octanol–water partition coefficient (Wildman–Crippen LogP) is 3.05. The smallest absolute Gasteiger partial charge is 0.243 e. The van der Waals surface area contributed by atoms with Crippen LogP contribution in [0.25, 0.3) is 5.69 Å². The first-order valence-electron chi connectivity index (χ1n) is 7.85. The van der Waals surface area contributed by atoms with Crippen LogP contribution in [-0.2, 0) is 22.7 Å². The maximum Gasteiger partial charge on any atom is 0.243 e. The molecule has 1 amide bonds. The highest BCUT2D eigenvalue weighted by atomic mass is 16.6. The molecular formula is C19H19N3O2. The van der Waals surface area contributed by atoms with E-state index in [4.69, 9.17) is 4.84 Å². The van der Waals surface area contributed by atoms with Gasteiger partial charge in [-0.2, -0.15) is 5.10 Å². The van der Waals surface area contributed by atoms with Crippen molar-refractivity contribution in [3.05, 3.63) is 84.2 Å². The van der Waals surface area contributed by atoms with E-state index in [-0.39, 0.29) is 5.91 Å². The van der Waals surface area contributed by atoms with Crippen LogP contribution in [0, 0.1) is 0 Å². The number of amides is 1. The molecule has 0 saturated carbocycles. The maximum absolute atomic E-state index is 11.8. The molecule has 3 rings (SSSR count). The van der Waals surface area contributed by atoms with Crippen LogP contribution in [0.5, 0.6) is 0 Å². The highest BCUT2D eigenvalue weighted by Crippen LogP contribution is 2.09. The molecule has 24 heavy (non-hydrogen) atoms. The van der Waals surface area contributed by atoms with Gasteiger partial charge in [-0.3, -0.25) is 9.63 Å². The molecule has 0 bridgehead atoms. The number of para-hydroxylation sites is 1. The summed E-state index contributed by atoms with van der Waals surface area (Å²) in [5.41, 5.74) is 5.50. The summed E-state index contributed by atoms with van der Waals surface area (Å²) in [5, 5.41) is 4.32. The number of hydrogen-bond acceptors (Lipinski definition) is 3. The Labute approximate surface area is 140 Å². The molecule has 1 N–H and O–H groups in total. The number of carbonyl (C=O) groups is 1. The number of nitrogens with zero attached hydrogens (tertiary/aromatic N) is 2. The summed E-state index contributed by atoms with van der Waals surface area (Å²) in [6.45, 7) is 0.360. The number of rotatable bonds is 7. The molecule has 0 saturated heterocycles. The van der Waals surface area contributed by atoms with Crippen LogP contribution < -0.4 is 5.48 Å². The zero-order valence-electron chi connectivity index (χ0n) is 13.3. The van der Waals surface area contributed by atoms with Crippen LogP contribution >= 0.6 is 0 Å². The number of benzene rings is 2. The van der Waals surface area contributed by atoms with Crippen molar-refractivity contribution in [3.63, 3.8) is 0 Å². The SMILES string of the molecule is O=C(CCc1cnn(-c2ccccc2)c1)NOCc1ccccc1. The predicted molar refractivity (Wildman–Crippen MR) is 91.3 cm³/mol. The molecule has 3 aromatic rings. The Hall–Kier alpha value is -2.92. The number of carbonyl (C=O) groups excluding carboxylic acids is 1. The third-order valence-corrected chi connectivity index (χ3v) is 3.57. The van der Waals surface area contributed by atoms with Gasteiger partial charge < -0.3 is 0 Å². The van der Waals surface area contributed by atoms with Gasteiger partial charge in [-0.1, -0.05) is 48.5 Å². The first-order valence-corrected chi connectivity index (χ1v) is 7.85. The van der Waals surface area contributed by atoms with E-state index in [2.05, 4.69) is 10.6 Å². The summed E-state index contributed by atoms with van der Waals surface area (Å²) in [6.07, 6.45) is 4.70. The lowest BCUT2D eigenvalue weighted by molar-refractivity contribution is -0.134. The van der Waals surface area contributed by atoms with Crippen LogP contribution in [0.3, 0.4) is 0 Å². The fraction of sp³-hybridized carbons (Fsp3) is 0.158. The van der Waals surface area contributed by atoms with Gasteiger partial charge in [0, 0.05) is 12.6 Å². The number of nitrogens with one attached hydrogen (secondary N) is 1. The van der Waals surface area contributed by atoms with Crippen LogP contribution in [0.2, 0.25) is 0 Å². The summed E-state index contributed by atoms with van der Waals surface area (Å²) < 4.78 is 1.80. The van der Waals surface area contributed by atoms with Crippen molar-refractivity contribution < 1.29 is 9.63 Å². The first-order chi connectivity index (χ1) is 11.8. The average molecular weight is 321 g/mol. The monoisotopic (exact) mass is 321 g/mol. The molecule has 1 aromatic heterocycles. The van der Waals surface area contributed by atoms with E-state index in [1.165, 1.54) is 0 Å². The van der Waals surface area contributed by atoms with Gasteiger partial charge in [0.1, 0.15) is 0 Å². The van der Waals surface area contributed by atoms with Crippen molar-refractivity contribution in [2.75, 3.05) is 0 Å². The van der Waals surface area contributed by atoms with Crippen LogP contribution in [0.15, 0.2) is 73.1 Å². The molecule has 5 heteroatoms. The molecule has 1 heterocycles. The second kappa shape index (κ2) is 8.08. The minimum atomic E-state index is -0.140. The van der Waals surface area contributed by atoms with E-state index in [1.54, 1.807) is 10.9 Å². The highest BCUT2D eigenvalue weighted by Gasteiger charge is 2.05. The summed E-state index contributed by atoms with van der Waals surface area (Å²) >= 11 is 0. The van der Waals surface area contributed by atoms with Crippen molar-refractivity contribution in [1.82, 2.24) is 15.3 Å². The van der Waals surface area contributed by atoms with E-state index in [1.807, 2.05) is 66.9 Å². The zero-order chi connectivity index (χ0) is 16.6. The van der Waals surface area contributed by atoms with E-state index in [0.29, 0.717) is 19.4 Å². The third kappa shape index (κ3) is 4.54. The Morgan fingerprint density at radius 1 is 1.00 bits per heavy atom. The lowest BCUT2D eigenvalue weighted by atomic mass is 10.2. The molecule has 5 nitrogen and oxygen atoms in total. The van der Waals surface area contributed by atoms with Crippen molar-refractivity contribution in [2.45, 2.75) is 19.4 Å². The summed E-state index contributed by atoms with van der Waals surface area (Å²) in [4.78, 5) is 17.0. The Kier molecular flexibility index (Phi) is 5.37. The molecule has 0 radical (unpaired) electrons. The second-order valence-corrected chi connectivity index (χ2v) is 5.43. The quantitative estimate of drug-likeness (QED) is 0.681. The summed E-state index contributed by atoms with van der Waals surface area (Å²) in [5.74, 6) is -0.140. The molecule has 0 fully saturated rings. The largest absolute Gasteiger partial charge is 0.273 e. The molecule has 122 valence electrons. The van der Waals surface area contributed by atoms with Gasteiger partial charge in [0.05, 0.1) is 18.5 Å². The third-order valence-electron chi connectivity index (χ3n) is 3.57. The van der Waals surface area contributed by atoms with Gasteiger partial charge in [0.25, 0.3) is 0 Å². The molecule has 0 aliphatic carbocycles. The molecule has 2 aromatic carbocycles. The molecule has 0 spiro atoms. The molecule has 0 aliphatic heterocycles. The average Bonchev–Trinajstić information content (AvgIpc) is 3.11. The number of hydroxylamine groups is 1. The van der Waals surface area contributed by atoms with Crippen LogP contribution in [0.4, 0.5) is 0 Å².